The quantitative estimate of drug-likeness (QED) is 0.205. The summed E-state index contributed by atoms with van der Waals surface area (Å²) < 4.78 is 29.9. The van der Waals surface area contributed by atoms with Gasteiger partial charge in [0.15, 0.2) is 22.4 Å². The Morgan fingerprint density at radius 3 is 2.42 bits per heavy atom. The van der Waals surface area contributed by atoms with Crippen LogP contribution in [-0.4, -0.2) is 79.7 Å². The van der Waals surface area contributed by atoms with Gasteiger partial charge in [0, 0.05) is 73.1 Å². The second-order valence-corrected chi connectivity index (χ2v) is 15.1. The van der Waals surface area contributed by atoms with Crippen LogP contribution in [-0.2, 0) is 23.8 Å². The predicted molar refractivity (Wildman–Crippen MR) is 204 cm³/mol. The van der Waals surface area contributed by atoms with E-state index in [1.54, 1.807) is 32.9 Å². The van der Waals surface area contributed by atoms with Gasteiger partial charge < -0.3 is 54.2 Å². The molecule has 3 aliphatic heterocycles. The third-order valence-electron chi connectivity index (χ3n) is 11.0. The highest BCUT2D eigenvalue weighted by molar-refractivity contribution is 5.97. The Balaban J connectivity index is 1.62. The molecule has 57 heavy (non-hydrogen) atoms. The topological polar surface area (TPSA) is 227 Å². The lowest BCUT2D eigenvalue weighted by Crippen LogP contribution is -2.43. The monoisotopic (exact) mass is 788 g/mol. The minimum absolute atomic E-state index is 0.0122. The fourth-order valence-corrected chi connectivity index (χ4v) is 7.51. The number of aliphatic hydroxyl groups excluding tert-OH is 4. The summed E-state index contributed by atoms with van der Waals surface area (Å²) in [5, 5.41) is 60.7. The highest BCUT2D eigenvalue weighted by Crippen LogP contribution is 2.42. The first-order valence-corrected chi connectivity index (χ1v) is 18.6. The summed E-state index contributed by atoms with van der Waals surface area (Å²) in [5.74, 6) is -5.64. The highest BCUT2D eigenvalue weighted by Gasteiger charge is 2.44. The van der Waals surface area contributed by atoms with E-state index in [9.17, 15) is 39.9 Å². The van der Waals surface area contributed by atoms with Gasteiger partial charge in [-0.05, 0) is 32.1 Å². The number of carbonyl (C=O) groups is 2. The zero-order chi connectivity index (χ0) is 41.7. The second kappa shape index (κ2) is 15.8. The molecule has 0 fully saturated rings. The van der Waals surface area contributed by atoms with E-state index in [0.29, 0.717) is 0 Å². The molecule has 0 spiro atoms. The van der Waals surface area contributed by atoms with Gasteiger partial charge in [-0.15, -0.1) is 0 Å². The Hall–Kier alpha value is -5.48. The molecule has 9 atom stereocenters. The van der Waals surface area contributed by atoms with Crippen molar-refractivity contribution in [2.75, 3.05) is 7.11 Å². The SMILES string of the molecule is CO[C@H]1/C=C/O[C@@]2(C)Oc3c(C)c(O)c4c(c3=C2O)=c2nc3ccc(=O)cc-3oc2=C(NC(=O)/C(C)=C\C=C\[C@H](C)[C@H](O)C[C@@H](O)[C@@H](C)[C@H](OC(C)=O)[C@@H]1C)C4O. The molecule has 15 heteroatoms. The van der Waals surface area contributed by atoms with Crippen LogP contribution >= 0.6 is 0 Å². The number of hydrogen-bond acceptors (Lipinski definition) is 14. The summed E-state index contributed by atoms with van der Waals surface area (Å²) in [6.07, 6.45) is 1.95. The van der Waals surface area contributed by atoms with Crippen LogP contribution in [0.3, 0.4) is 0 Å². The summed E-state index contributed by atoms with van der Waals surface area (Å²) in [7, 11) is 1.45. The first kappa shape index (κ1) is 41.2. The summed E-state index contributed by atoms with van der Waals surface area (Å²) in [6, 6.07) is 3.93. The van der Waals surface area contributed by atoms with Crippen molar-refractivity contribution >= 4 is 23.3 Å². The lowest BCUT2D eigenvalue weighted by atomic mass is 9.83. The number of aromatic hydroxyl groups is 1. The number of allylic oxidation sites excluding steroid dienone is 2. The molecular formula is C42H48N2O13. The average Bonchev–Trinajstić information content (AvgIpc) is 3.43. The van der Waals surface area contributed by atoms with Gasteiger partial charge in [0.2, 0.25) is 0 Å². The van der Waals surface area contributed by atoms with Crippen molar-refractivity contribution in [1.82, 2.24) is 10.3 Å². The molecule has 3 heterocycles. The number of carbonyl (C=O) groups excluding carboxylic acids is 2. The lowest BCUT2D eigenvalue weighted by Gasteiger charge is -2.35. The van der Waals surface area contributed by atoms with Gasteiger partial charge in [0.25, 0.3) is 5.91 Å². The maximum absolute atomic E-state index is 13.7. The second-order valence-electron chi connectivity index (χ2n) is 15.1. The first-order chi connectivity index (χ1) is 26.9. The fraction of sp³-hybridized carbons (Fsp3) is 0.429. The van der Waals surface area contributed by atoms with Crippen molar-refractivity contribution in [2.24, 2.45) is 17.8 Å². The Morgan fingerprint density at radius 2 is 1.74 bits per heavy atom. The lowest BCUT2D eigenvalue weighted by molar-refractivity contribution is -0.158. The van der Waals surface area contributed by atoms with Crippen molar-refractivity contribution in [3.63, 3.8) is 0 Å². The highest BCUT2D eigenvalue weighted by atomic mass is 16.7. The van der Waals surface area contributed by atoms with Crippen LogP contribution in [0.2, 0.25) is 0 Å². The Morgan fingerprint density at radius 1 is 1.02 bits per heavy atom. The molecule has 0 aromatic heterocycles. The number of aromatic nitrogens is 1. The van der Waals surface area contributed by atoms with Gasteiger partial charge in [0.05, 0.1) is 35.5 Å². The molecule has 0 saturated carbocycles. The number of benzene rings is 2. The van der Waals surface area contributed by atoms with Crippen molar-refractivity contribution in [1.29, 1.82) is 0 Å². The smallest absolute Gasteiger partial charge is 0.307 e. The fourth-order valence-electron chi connectivity index (χ4n) is 7.51. The van der Waals surface area contributed by atoms with Crippen LogP contribution in [0.15, 0.2) is 63.6 Å². The molecule has 1 amide bonds. The van der Waals surface area contributed by atoms with Crippen LogP contribution in [0.1, 0.15) is 65.2 Å². The van der Waals surface area contributed by atoms with Crippen molar-refractivity contribution in [3.05, 3.63) is 96.9 Å². The maximum Gasteiger partial charge on any atom is 0.307 e. The first-order valence-electron chi connectivity index (χ1n) is 18.6. The normalized spacial score (nSPS) is 31.4. The molecule has 6 rings (SSSR count). The maximum atomic E-state index is 13.7. The number of esters is 1. The number of phenolic OH excluding ortho intramolecular Hbond substituents is 1. The largest absolute Gasteiger partial charge is 0.507 e. The number of methoxy groups -OCH3 is 1. The number of rotatable bonds is 2. The molecule has 15 nitrogen and oxygen atoms in total. The van der Waals surface area contributed by atoms with Crippen LogP contribution in [0.4, 0.5) is 0 Å². The number of amides is 1. The standard InChI is InChI=1S/C42H48N2O13/c1-18-10-9-11-19(2)41(52)44-34-36(50)31-30(33-39(34)56-29-16-24(46)12-13-25(29)43-33)32-38(22(5)35(31)49)57-42(7,40(32)51)54-15-14-28(53-8)21(4)37(55-23(6)45)20(3)27(48)17-26(18)47/h9-16,18,20-21,26-28,36-37,47-51H,17H2,1-8H3,(H,44,52)/b10-9+,15-14+,19-11-/t18-,20+,21+,26+,27+,28-,36?,37-,42-/m0/s1. The predicted octanol–water partition coefficient (Wildman–Crippen LogP) is 2.50. The molecule has 0 radical (unpaired) electrons. The molecule has 1 aromatic rings. The van der Waals surface area contributed by atoms with Crippen LogP contribution in [0.25, 0.3) is 22.9 Å². The van der Waals surface area contributed by atoms with E-state index in [4.69, 9.17) is 28.3 Å². The number of nitrogens with zero attached hydrogens (tertiary/aromatic N) is 1. The van der Waals surface area contributed by atoms with E-state index in [2.05, 4.69) is 5.32 Å². The van der Waals surface area contributed by atoms with E-state index < -0.39 is 77.4 Å². The molecule has 5 bridgehead atoms. The van der Waals surface area contributed by atoms with E-state index >= 15 is 0 Å². The van der Waals surface area contributed by atoms with Gasteiger partial charge in [-0.1, -0.05) is 39.0 Å². The van der Waals surface area contributed by atoms with Crippen molar-refractivity contribution < 1.29 is 58.5 Å². The van der Waals surface area contributed by atoms with Crippen LogP contribution < -0.4 is 26.1 Å². The van der Waals surface area contributed by atoms with Gasteiger partial charge in [-0.25, -0.2) is 4.98 Å². The number of fused-ring (bicyclic) bond motifs is 4. The number of nitrogens with one attached hydrogen (secondary N) is 1. The van der Waals surface area contributed by atoms with Crippen LogP contribution in [0.5, 0.6) is 11.5 Å². The average molecular weight is 789 g/mol. The Labute approximate surface area is 327 Å². The zero-order valence-electron chi connectivity index (χ0n) is 32.9. The minimum Gasteiger partial charge on any atom is -0.507 e. The van der Waals surface area contributed by atoms with Gasteiger partial charge in [0.1, 0.15) is 34.8 Å². The third-order valence-corrected chi connectivity index (χ3v) is 11.0. The summed E-state index contributed by atoms with van der Waals surface area (Å²) in [4.78, 5) is 43.0. The number of hydrogen-bond donors (Lipinski definition) is 6. The summed E-state index contributed by atoms with van der Waals surface area (Å²) in [5.41, 5.74) is -0.266. The number of phenols is 1. The molecule has 1 unspecified atom stereocenters. The van der Waals surface area contributed by atoms with Gasteiger partial charge in [-0.2, -0.15) is 0 Å². The van der Waals surface area contributed by atoms with Gasteiger partial charge >= 0.3 is 11.8 Å². The van der Waals surface area contributed by atoms with E-state index in [0.717, 1.165) is 0 Å². The van der Waals surface area contributed by atoms with Gasteiger partial charge in [-0.3, -0.25) is 14.4 Å². The molecule has 1 aromatic carbocycles. The minimum atomic E-state index is -1.91. The number of ether oxygens (including phenoxy) is 4. The zero-order valence-corrected chi connectivity index (χ0v) is 32.9. The molecule has 5 aliphatic rings. The number of aliphatic hydroxyl groups is 4. The van der Waals surface area contributed by atoms with E-state index in [1.165, 1.54) is 71.4 Å². The van der Waals surface area contributed by atoms with Crippen molar-refractivity contribution in [2.45, 2.75) is 91.2 Å². The Kier molecular flexibility index (Phi) is 11.4. The summed E-state index contributed by atoms with van der Waals surface area (Å²) in [6.45, 7) is 11.0. The Bertz CT molecular complexity index is 2450. The molecule has 6 N–H and O–H groups in total. The third kappa shape index (κ3) is 7.55. The summed E-state index contributed by atoms with van der Waals surface area (Å²) >= 11 is 0. The van der Waals surface area contributed by atoms with Crippen LogP contribution in [0, 0.1) is 35.2 Å². The van der Waals surface area contributed by atoms with Crippen molar-refractivity contribution in [3.8, 4) is 23.0 Å². The molecule has 0 saturated heterocycles. The van der Waals surface area contributed by atoms with E-state index in [-0.39, 0.29) is 72.7 Å². The van der Waals surface area contributed by atoms with E-state index in [1.807, 2.05) is 0 Å². The molecular weight excluding hydrogens is 740 g/mol. The molecule has 2 aliphatic carbocycles. The molecule has 304 valence electrons.